The average Bonchev–Trinajstić information content (AvgIpc) is 2.60. The number of hydrogen-bond donors (Lipinski definition) is 1. The Bertz CT molecular complexity index is 521. The Labute approximate surface area is 98.6 Å². The van der Waals surface area contributed by atoms with E-state index in [2.05, 4.69) is 5.32 Å². The molecule has 0 aliphatic heterocycles. The highest BCUT2D eigenvalue weighted by atomic mass is 19.1. The molecule has 4 heteroatoms. The Hall–Kier alpha value is -1.42. The molecule has 0 saturated heterocycles. The number of furan rings is 1. The smallest absolute Gasteiger partial charge is 0.172 e. The summed E-state index contributed by atoms with van der Waals surface area (Å²) in [5.74, 6) is -1.21. The van der Waals surface area contributed by atoms with Crippen molar-refractivity contribution < 1.29 is 13.2 Å². The minimum Gasteiger partial charge on any atom is -0.461 e. The van der Waals surface area contributed by atoms with Crippen LogP contribution in [0.15, 0.2) is 22.8 Å². The van der Waals surface area contributed by atoms with Gasteiger partial charge in [0.2, 0.25) is 0 Å². The SMILES string of the molecule is CCN[C@@H](C)Cc1cc(F)c2c(F)coc2c1. The van der Waals surface area contributed by atoms with Crippen LogP contribution in [0.1, 0.15) is 19.4 Å². The first-order valence-electron chi connectivity index (χ1n) is 5.70. The number of rotatable bonds is 4. The van der Waals surface area contributed by atoms with Crippen LogP contribution >= 0.6 is 0 Å². The van der Waals surface area contributed by atoms with Gasteiger partial charge in [0.05, 0.1) is 5.39 Å². The molecule has 1 N–H and O–H groups in total. The molecular weight excluding hydrogens is 224 g/mol. The summed E-state index contributed by atoms with van der Waals surface area (Å²) in [6.07, 6.45) is 1.62. The third-order valence-electron chi connectivity index (χ3n) is 2.74. The zero-order valence-electron chi connectivity index (χ0n) is 9.89. The molecule has 17 heavy (non-hydrogen) atoms. The van der Waals surface area contributed by atoms with E-state index in [1.54, 1.807) is 6.07 Å². The molecule has 2 rings (SSSR count). The van der Waals surface area contributed by atoms with Crippen LogP contribution < -0.4 is 5.32 Å². The Balaban J connectivity index is 2.31. The second-order valence-corrected chi connectivity index (χ2v) is 4.20. The minimum atomic E-state index is -0.649. The van der Waals surface area contributed by atoms with E-state index < -0.39 is 11.6 Å². The molecule has 0 aliphatic rings. The third kappa shape index (κ3) is 2.47. The predicted octanol–water partition coefficient (Wildman–Crippen LogP) is 3.25. The van der Waals surface area contributed by atoms with E-state index in [0.717, 1.165) is 18.4 Å². The highest BCUT2D eigenvalue weighted by molar-refractivity contribution is 5.79. The van der Waals surface area contributed by atoms with Crippen LogP contribution in [0.4, 0.5) is 8.78 Å². The molecule has 92 valence electrons. The van der Waals surface area contributed by atoms with E-state index >= 15 is 0 Å². The van der Waals surface area contributed by atoms with Crippen molar-refractivity contribution >= 4 is 11.0 Å². The quantitative estimate of drug-likeness (QED) is 0.886. The Morgan fingerprint density at radius 2 is 2.06 bits per heavy atom. The largest absolute Gasteiger partial charge is 0.461 e. The van der Waals surface area contributed by atoms with Gasteiger partial charge in [-0.2, -0.15) is 0 Å². The number of likely N-dealkylation sites (N-methyl/N-ethyl adjacent to an activating group) is 1. The normalized spacial score (nSPS) is 13.2. The maximum absolute atomic E-state index is 13.7. The summed E-state index contributed by atoms with van der Waals surface area (Å²) < 4.78 is 31.8. The van der Waals surface area contributed by atoms with Crippen molar-refractivity contribution in [2.45, 2.75) is 26.3 Å². The van der Waals surface area contributed by atoms with Gasteiger partial charge in [-0.25, -0.2) is 8.78 Å². The van der Waals surface area contributed by atoms with Crippen LogP contribution in [0.2, 0.25) is 0 Å². The summed E-state index contributed by atoms with van der Waals surface area (Å²) in [7, 11) is 0. The van der Waals surface area contributed by atoms with Crippen molar-refractivity contribution in [3.63, 3.8) is 0 Å². The van der Waals surface area contributed by atoms with Gasteiger partial charge in [0.1, 0.15) is 17.7 Å². The summed E-state index contributed by atoms with van der Waals surface area (Å²) in [6.45, 7) is 4.90. The molecule has 1 heterocycles. The van der Waals surface area contributed by atoms with Crippen LogP contribution in [0.5, 0.6) is 0 Å². The molecule has 0 fully saturated rings. The average molecular weight is 239 g/mol. The Morgan fingerprint density at radius 1 is 1.29 bits per heavy atom. The second-order valence-electron chi connectivity index (χ2n) is 4.20. The van der Waals surface area contributed by atoms with Gasteiger partial charge in [-0.3, -0.25) is 0 Å². The predicted molar refractivity (Wildman–Crippen MR) is 63.0 cm³/mol. The van der Waals surface area contributed by atoms with Crippen molar-refractivity contribution in [1.29, 1.82) is 0 Å². The fourth-order valence-electron chi connectivity index (χ4n) is 2.03. The fraction of sp³-hybridized carbons (Fsp3) is 0.385. The molecule has 2 aromatic rings. The maximum atomic E-state index is 13.7. The summed E-state index contributed by atoms with van der Waals surface area (Å²) in [6, 6.07) is 3.31. The van der Waals surface area contributed by atoms with Gasteiger partial charge in [-0.05, 0) is 37.6 Å². The second kappa shape index (κ2) is 4.84. The van der Waals surface area contributed by atoms with Gasteiger partial charge in [-0.1, -0.05) is 6.92 Å². The van der Waals surface area contributed by atoms with Crippen LogP contribution in [0.3, 0.4) is 0 Å². The topological polar surface area (TPSA) is 25.2 Å². The van der Waals surface area contributed by atoms with E-state index in [9.17, 15) is 8.78 Å². The lowest BCUT2D eigenvalue weighted by Crippen LogP contribution is -2.27. The van der Waals surface area contributed by atoms with E-state index in [1.165, 1.54) is 6.07 Å². The lowest BCUT2D eigenvalue weighted by molar-refractivity contribution is 0.555. The lowest BCUT2D eigenvalue weighted by atomic mass is 10.1. The molecule has 0 spiro atoms. The van der Waals surface area contributed by atoms with Gasteiger partial charge in [0, 0.05) is 6.04 Å². The molecule has 0 unspecified atom stereocenters. The van der Waals surface area contributed by atoms with Gasteiger partial charge in [0.15, 0.2) is 5.82 Å². The first kappa shape index (κ1) is 12.0. The third-order valence-corrected chi connectivity index (χ3v) is 2.74. The fourth-order valence-corrected chi connectivity index (χ4v) is 2.03. The number of hydrogen-bond acceptors (Lipinski definition) is 2. The first-order valence-corrected chi connectivity index (χ1v) is 5.70. The van der Waals surface area contributed by atoms with Gasteiger partial charge in [0.25, 0.3) is 0 Å². The van der Waals surface area contributed by atoms with Crippen LogP contribution in [0, 0.1) is 11.6 Å². The van der Waals surface area contributed by atoms with Crippen LogP contribution in [-0.4, -0.2) is 12.6 Å². The summed E-state index contributed by atoms with van der Waals surface area (Å²) >= 11 is 0. The molecule has 0 bridgehead atoms. The number of benzene rings is 1. The monoisotopic (exact) mass is 239 g/mol. The van der Waals surface area contributed by atoms with E-state index in [4.69, 9.17) is 4.42 Å². The molecule has 0 aliphatic carbocycles. The molecule has 1 aromatic carbocycles. The molecule has 0 amide bonds. The van der Waals surface area contributed by atoms with Gasteiger partial charge in [-0.15, -0.1) is 0 Å². The molecule has 1 atom stereocenters. The maximum Gasteiger partial charge on any atom is 0.172 e. The Morgan fingerprint density at radius 3 is 2.76 bits per heavy atom. The standard InChI is InChI=1S/C13H15F2NO/c1-3-16-8(2)4-9-5-10(14)13-11(15)7-17-12(13)6-9/h5-8,16H,3-4H2,1-2H3/t8-/m0/s1. The minimum absolute atomic E-state index is 0.0650. The number of halogens is 2. The molecule has 0 radical (unpaired) electrons. The molecule has 0 saturated carbocycles. The van der Waals surface area contributed by atoms with Crippen molar-refractivity contribution in [2.75, 3.05) is 6.54 Å². The van der Waals surface area contributed by atoms with Crippen molar-refractivity contribution in [1.82, 2.24) is 5.32 Å². The van der Waals surface area contributed by atoms with Crippen molar-refractivity contribution in [3.05, 3.63) is 35.6 Å². The van der Waals surface area contributed by atoms with Crippen molar-refractivity contribution in [3.8, 4) is 0 Å². The van der Waals surface area contributed by atoms with Crippen LogP contribution in [0.25, 0.3) is 11.0 Å². The number of fused-ring (bicyclic) bond motifs is 1. The van der Waals surface area contributed by atoms with Crippen LogP contribution in [-0.2, 0) is 6.42 Å². The first-order chi connectivity index (χ1) is 8.11. The molecule has 1 aromatic heterocycles. The summed E-state index contributed by atoms with van der Waals surface area (Å²) in [5.41, 5.74) is 1.07. The Kier molecular flexibility index (Phi) is 3.43. The van der Waals surface area contributed by atoms with Crippen molar-refractivity contribution in [2.24, 2.45) is 0 Å². The highest BCUT2D eigenvalue weighted by Gasteiger charge is 2.13. The highest BCUT2D eigenvalue weighted by Crippen LogP contribution is 2.25. The van der Waals surface area contributed by atoms with E-state index in [-0.39, 0.29) is 17.0 Å². The van der Waals surface area contributed by atoms with Gasteiger partial charge < -0.3 is 9.73 Å². The molecule has 2 nitrogen and oxygen atoms in total. The van der Waals surface area contributed by atoms with Gasteiger partial charge >= 0.3 is 0 Å². The molecular formula is C13H15F2NO. The number of nitrogens with one attached hydrogen (secondary N) is 1. The zero-order chi connectivity index (χ0) is 12.4. The van der Waals surface area contributed by atoms with E-state index in [0.29, 0.717) is 6.42 Å². The lowest BCUT2D eigenvalue weighted by Gasteiger charge is -2.12. The zero-order valence-corrected chi connectivity index (χ0v) is 9.89. The summed E-state index contributed by atoms with van der Waals surface area (Å²) in [4.78, 5) is 0. The van der Waals surface area contributed by atoms with E-state index in [1.807, 2.05) is 13.8 Å². The summed E-state index contributed by atoms with van der Waals surface area (Å²) in [5, 5.41) is 3.17.